The first-order valence-corrected chi connectivity index (χ1v) is 13.1. The standard InChI is InChI=1S/C27H17BrF11N3O2/c28-18-10-15(24(30,26(34,35)36)27(37,38)39)9-17(25(31,32)33)21(18)41-22(43)16-4-1-5-19(20(16)29)42(12-13-6-7-13)23(44)14-3-2-8-40-11-14/h1-5,8-11,13H,6-7,12H2,(H,41,43). The molecule has 4 rings (SSSR count). The zero-order valence-corrected chi connectivity index (χ0v) is 23.2. The molecular weight excluding hydrogens is 687 g/mol. The minimum atomic E-state index is -6.72. The van der Waals surface area contributed by atoms with Crippen LogP contribution in [0.4, 0.5) is 59.7 Å². The first-order valence-electron chi connectivity index (χ1n) is 12.3. The van der Waals surface area contributed by atoms with Crippen molar-refractivity contribution in [2.24, 2.45) is 5.92 Å². The molecule has 1 aliphatic rings. The summed E-state index contributed by atoms with van der Waals surface area (Å²) in [4.78, 5) is 31.1. The second-order valence-electron chi connectivity index (χ2n) is 9.73. The molecule has 17 heteroatoms. The van der Waals surface area contributed by atoms with Crippen LogP contribution in [0.5, 0.6) is 0 Å². The van der Waals surface area contributed by atoms with Gasteiger partial charge in [-0.2, -0.15) is 39.5 Å². The predicted molar refractivity (Wildman–Crippen MR) is 137 cm³/mol. The van der Waals surface area contributed by atoms with Crippen LogP contribution >= 0.6 is 15.9 Å². The van der Waals surface area contributed by atoms with E-state index in [0.29, 0.717) is 12.8 Å². The largest absolute Gasteiger partial charge is 0.435 e. The van der Waals surface area contributed by atoms with Gasteiger partial charge in [-0.1, -0.05) is 6.07 Å². The van der Waals surface area contributed by atoms with Crippen molar-refractivity contribution in [3.63, 3.8) is 0 Å². The Morgan fingerprint density at radius 3 is 2.09 bits per heavy atom. The first-order chi connectivity index (χ1) is 20.3. The van der Waals surface area contributed by atoms with Crippen LogP contribution in [0, 0.1) is 11.7 Å². The Bertz CT molecular complexity index is 1560. The number of amides is 2. The molecule has 0 radical (unpaired) electrons. The summed E-state index contributed by atoms with van der Waals surface area (Å²) in [5, 5.41) is 1.63. The normalized spacial score (nSPS) is 14.4. The van der Waals surface area contributed by atoms with E-state index in [0.717, 1.165) is 23.1 Å². The fourth-order valence-corrected chi connectivity index (χ4v) is 4.78. The Kier molecular flexibility index (Phi) is 8.76. The molecule has 44 heavy (non-hydrogen) atoms. The van der Waals surface area contributed by atoms with E-state index in [9.17, 15) is 53.5 Å². The number of hydrogen-bond acceptors (Lipinski definition) is 3. The molecule has 1 heterocycles. The number of pyridine rings is 1. The summed E-state index contributed by atoms with van der Waals surface area (Å²) in [6, 6.07) is 4.95. The molecule has 0 aliphatic heterocycles. The molecule has 1 saturated carbocycles. The Balaban J connectivity index is 1.77. The topological polar surface area (TPSA) is 62.3 Å². The molecule has 3 aromatic rings. The van der Waals surface area contributed by atoms with Crippen molar-refractivity contribution < 1.29 is 57.9 Å². The van der Waals surface area contributed by atoms with Crippen LogP contribution in [-0.2, 0) is 11.8 Å². The predicted octanol–water partition coefficient (Wildman–Crippen LogP) is 8.60. The number of halogens is 12. The van der Waals surface area contributed by atoms with E-state index in [-0.39, 0.29) is 24.1 Å². The summed E-state index contributed by atoms with van der Waals surface area (Å²) in [5.41, 5.74) is -13.7. The molecular formula is C27H17BrF11N3O2. The molecule has 1 aliphatic carbocycles. The van der Waals surface area contributed by atoms with Crippen LogP contribution in [-0.4, -0.2) is 35.7 Å². The molecule has 0 bridgehead atoms. The van der Waals surface area contributed by atoms with Crippen LogP contribution < -0.4 is 10.2 Å². The van der Waals surface area contributed by atoms with Crippen molar-refractivity contribution in [2.45, 2.75) is 37.0 Å². The second-order valence-corrected chi connectivity index (χ2v) is 10.6. The number of rotatable bonds is 7. The number of aromatic nitrogens is 1. The van der Waals surface area contributed by atoms with Gasteiger partial charge in [-0.3, -0.25) is 14.6 Å². The third-order valence-electron chi connectivity index (χ3n) is 6.62. The highest BCUT2D eigenvalue weighted by molar-refractivity contribution is 9.10. The van der Waals surface area contributed by atoms with E-state index >= 15 is 4.39 Å². The smallest absolute Gasteiger partial charge is 0.320 e. The number of anilines is 2. The maximum atomic E-state index is 15.7. The molecule has 2 amide bonds. The minimum Gasteiger partial charge on any atom is -0.320 e. The van der Waals surface area contributed by atoms with Gasteiger partial charge < -0.3 is 10.2 Å². The Hall–Kier alpha value is -3.76. The Morgan fingerprint density at radius 2 is 1.57 bits per heavy atom. The summed E-state index contributed by atoms with van der Waals surface area (Å²) in [6.45, 7) is 0.0182. The van der Waals surface area contributed by atoms with E-state index in [2.05, 4.69) is 20.9 Å². The quantitative estimate of drug-likeness (QED) is 0.251. The molecule has 0 spiro atoms. The van der Waals surface area contributed by atoms with Crippen LogP contribution in [0.1, 0.15) is 44.7 Å². The van der Waals surface area contributed by atoms with Crippen molar-refractivity contribution >= 4 is 39.1 Å². The molecule has 2 aromatic carbocycles. The molecule has 0 saturated heterocycles. The van der Waals surface area contributed by atoms with Gasteiger partial charge in [-0.15, -0.1) is 0 Å². The van der Waals surface area contributed by atoms with Crippen molar-refractivity contribution in [2.75, 3.05) is 16.8 Å². The summed E-state index contributed by atoms with van der Waals surface area (Å²) in [5.74, 6) is -3.68. The number of benzene rings is 2. The molecule has 236 valence electrons. The number of hydrogen-bond donors (Lipinski definition) is 1. The van der Waals surface area contributed by atoms with Crippen LogP contribution in [0.25, 0.3) is 0 Å². The number of nitrogens with zero attached hydrogens (tertiary/aromatic N) is 2. The van der Waals surface area contributed by atoms with Gasteiger partial charge >= 0.3 is 24.2 Å². The maximum Gasteiger partial charge on any atom is 0.435 e. The number of nitrogens with one attached hydrogen (secondary N) is 1. The van der Waals surface area contributed by atoms with Crippen LogP contribution in [0.3, 0.4) is 0 Å². The summed E-state index contributed by atoms with van der Waals surface area (Å²) in [7, 11) is 0. The monoisotopic (exact) mass is 703 g/mol. The SMILES string of the molecule is O=C(Nc1c(Br)cc(C(F)(C(F)(F)F)C(F)(F)F)cc1C(F)(F)F)c1cccc(N(CC2CC2)C(=O)c2cccnc2)c1F. The number of alkyl halides is 10. The third kappa shape index (κ3) is 6.37. The Labute approximate surface area is 249 Å². The highest BCUT2D eigenvalue weighted by Crippen LogP contribution is 2.55. The highest BCUT2D eigenvalue weighted by atomic mass is 79.9. The van der Waals surface area contributed by atoms with E-state index in [4.69, 9.17) is 0 Å². The lowest BCUT2D eigenvalue weighted by Gasteiger charge is -2.31. The van der Waals surface area contributed by atoms with E-state index in [1.165, 1.54) is 24.5 Å². The van der Waals surface area contributed by atoms with Gasteiger partial charge in [0, 0.05) is 29.0 Å². The summed E-state index contributed by atoms with van der Waals surface area (Å²) in [6.07, 6.45) is -15.1. The van der Waals surface area contributed by atoms with Gasteiger partial charge in [0.25, 0.3) is 11.8 Å². The lowest BCUT2D eigenvalue weighted by atomic mass is 9.92. The van der Waals surface area contributed by atoms with Gasteiger partial charge in [0.15, 0.2) is 5.82 Å². The number of carbonyl (C=O) groups is 2. The lowest BCUT2D eigenvalue weighted by molar-refractivity contribution is -0.348. The van der Waals surface area contributed by atoms with Crippen LogP contribution in [0.2, 0.25) is 0 Å². The van der Waals surface area contributed by atoms with Crippen molar-refractivity contribution in [3.05, 3.63) is 87.4 Å². The summed E-state index contributed by atoms with van der Waals surface area (Å²) < 4.78 is 150. The summed E-state index contributed by atoms with van der Waals surface area (Å²) >= 11 is 2.38. The minimum absolute atomic E-state index is 0.00709. The molecule has 0 unspecified atom stereocenters. The fourth-order valence-electron chi connectivity index (χ4n) is 4.22. The van der Waals surface area contributed by atoms with E-state index < -0.39 is 80.4 Å². The fraction of sp³-hybridized carbons (Fsp3) is 0.296. The van der Waals surface area contributed by atoms with Gasteiger partial charge in [-0.05, 0) is 71.1 Å². The number of carbonyl (C=O) groups excluding carboxylic acids is 2. The first kappa shape index (κ1) is 33.1. The van der Waals surface area contributed by atoms with Gasteiger partial charge in [0.05, 0.1) is 28.1 Å². The van der Waals surface area contributed by atoms with Crippen molar-refractivity contribution in [3.8, 4) is 0 Å². The molecule has 1 aromatic heterocycles. The zero-order valence-electron chi connectivity index (χ0n) is 21.6. The van der Waals surface area contributed by atoms with Crippen LogP contribution in [0.15, 0.2) is 59.3 Å². The van der Waals surface area contributed by atoms with E-state index in [1.807, 2.05) is 0 Å². The van der Waals surface area contributed by atoms with Gasteiger partial charge in [0.2, 0.25) is 0 Å². The zero-order chi connectivity index (χ0) is 32.8. The average Bonchev–Trinajstić information content (AvgIpc) is 3.75. The third-order valence-corrected chi connectivity index (χ3v) is 7.24. The van der Waals surface area contributed by atoms with E-state index in [1.54, 1.807) is 5.32 Å². The molecule has 5 nitrogen and oxygen atoms in total. The van der Waals surface area contributed by atoms with Gasteiger partial charge in [-0.25, -0.2) is 8.78 Å². The molecule has 1 fully saturated rings. The lowest BCUT2D eigenvalue weighted by Crippen LogP contribution is -2.50. The Morgan fingerprint density at radius 1 is 0.932 bits per heavy atom. The van der Waals surface area contributed by atoms with Crippen molar-refractivity contribution in [1.82, 2.24) is 4.98 Å². The molecule has 1 N–H and O–H groups in total. The van der Waals surface area contributed by atoms with Crippen molar-refractivity contribution in [1.29, 1.82) is 0 Å². The average molecular weight is 704 g/mol. The maximum absolute atomic E-state index is 15.7. The molecule has 0 atom stereocenters. The van der Waals surface area contributed by atoms with Gasteiger partial charge in [0.1, 0.15) is 0 Å². The second kappa shape index (κ2) is 11.6. The highest BCUT2D eigenvalue weighted by Gasteiger charge is 2.73.